The first kappa shape index (κ1) is 10.4. The number of aliphatic hydroxyl groups excluding tert-OH is 1. The summed E-state index contributed by atoms with van der Waals surface area (Å²) >= 11 is 0. The highest BCUT2D eigenvalue weighted by Gasteiger charge is 1.95. The van der Waals surface area contributed by atoms with Gasteiger partial charge in [0.2, 0.25) is 0 Å². The molecule has 0 aliphatic carbocycles. The van der Waals surface area contributed by atoms with Crippen LogP contribution < -0.4 is 0 Å². The van der Waals surface area contributed by atoms with Gasteiger partial charge < -0.3 is 10.0 Å². The lowest BCUT2D eigenvalue weighted by molar-refractivity contribution is 0.265. The van der Waals surface area contributed by atoms with Crippen molar-refractivity contribution in [2.45, 2.75) is 19.3 Å². The van der Waals surface area contributed by atoms with Gasteiger partial charge in [-0.25, -0.2) is 0 Å². The second-order valence-corrected chi connectivity index (χ2v) is 2.64. The molecule has 11 heavy (non-hydrogen) atoms. The highest BCUT2D eigenvalue weighted by molar-refractivity contribution is 4.70. The van der Waals surface area contributed by atoms with Crippen LogP contribution in [0, 0.1) is 11.3 Å². The minimum atomic E-state index is 0.270. The Morgan fingerprint density at radius 3 is 2.64 bits per heavy atom. The van der Waals surface area contributed by atoms with E-state index in [2.05, 4.69) is 11.0 Å². The van der Waals surface area contributed by atoms with Crippen molar-refractivity contribution in [2.75, 3.05) is 26.7 Å². The van der Waals surface area contributed by atoms with Crippen LogP contribution in [0.25, 0.3) is 0 Å². The lowest BCUT2D eigenvalue weighted by atomic mass is 10.3. The van der Waals surface area contributed by atoms with Gasteiger partial charge in [-0.15, -0.1) is 0 Å². The summed E-state index contributed by atoms with van der Waals surface area (Å²) in [6.45, 7) is 2.08. The SMILES string of the molecule is CN(CCC#N)CCCCO. The maximum absolute atomic E-state index is 8.48. The van der Waals surface area contributed by atoms with Crippen molar-refractivity contribution in [3.8, 4) is 6.07 Å². The lowest BCUT2D eigenvalue weighted by Crippen LogP contribution is -2.20. The van der Waals surface area contributed by atoms with Gasteiger partial charge in [0.15, 0.2) is 0 Å². The molecule has 0 amide bonds. The molecular formula is C8H16N2O. The molecule has 0 bridgehead atoms. The molecule has 0 spiro atoms. The fraction of sp³-hybridized carbons (Fsp3) is 0.875. The van der Waals surface area contributed by atoms with Gasteiger partial charge in [-0.1, -0.05) is 0 Å². The first-order chi connectivity index (χ1) is 5.31. The maximum atomic E-state index is 8.48. The highest BCUT2D eigenvalue weighted by Crippen LogP contribution is 1.92. The molecule has 64 valence electrons. The largest absolute Gasteiger partial charge is 0.396 e. The number of nitriles is 1. The van der Waals surface area contributed by atoms with Crippen LogP contribution in [0.15, 0.2) is 0 Å². The van der Waals surface area contributed by atoms with Crippen molar-refractivity contribution in [3.63, 3.8) is 0 Å². The third-order valence-corrected chi connectivity index (χ3v) is 1.55. The predicted octanol–water partition coefficient (Wildman–Crippen LogP) is 0.604. The fourth-order valence-electron chi connectivity index (χ4n) is 0.846. The van der Waals surface area contributed by atoms with Gasteiger partial charge in [-0.05, 0) is 26.4 Å². The van der Waals surface area contributed by atoms with Crippen LogP contribution in [0.2, 0.25) is 0 Å². The van der Waals surface area contributed by atoms with E-state index in [1.807, 2.05) is 7.05 Å². The van der Waals surface area contributed by atoms with Crippen molar-refractivity contribution in [3.05, 3.63) is 0 Å². The van der Waals surface area contributed by atoms with Gasteiger partial charge in [0.25, 0.3) is 0 Å². The molecule has 0 fully saturated rings. The van der Waals surface area contributed by atoms with Crippen LogP contribution >= 0.6 is 0 Å². The second kappa shape index (κ2) is 7.52. The normalized spacial score (nSPS) is 10.0. The summed E-state index contributed by atoms with van der Waals surface area (Å²) in [7, 11) is 1.99. The first-order valence-electron chi connectivity index (χ1n) is 3.97. The Labute approximate surface area is 68.2 Å². The molecule has 0 rings (SSSR count). The van der Waals surface area contributed by atoms with Crippen LogP contribution in [-0.4, -0.2) is 36.8 Å². The van der Waals surface area contributed by atoms with Crippen molar-refractivity contribution < 1.29 is 5.11 Å². The van der Waals surface area contributed by atoms with E-state index in [1.54, 1.807) is 0 Å². The quantitative estimate of drug-likeness (QED) is 0.573. The van der Waals surface area contributed by atoms with Gasteiger partial charge in [0.05, 0.1) is 6.07 Å². The third-order valence-electron chi connectivity index (χ3n) is 1.55. The second-order valence-electron chi connectivity index (χ2n) is 2.64. The molecular weight excluding hydrogens is 140 g/mol. The molecule has 0 aromatic carbocycles. The molecule has 0 aliphatic heterocycles. The number of aliphatic hydroxyl groups is 1. The molecule has 0 heterocycles. The monoisotopic (exact) mass is 156 g/mol. The Morgan fingerprint density at radius 2 is 2.09 bits per heavy atom. The summed E-state index contributed by atoms with van der Waals surface area (Å²) in [5, 5.41) is 16.8. The molecule has 0 saturated carbocycles. The molecule has 0 aromatic rings. The maximum Gasteiger partial charge on any atom is 0.0635 e. The fourth-order valence-corrected chi connectivity index (χ4v) is 0.846. The molecule has 0 atom stereocenters. The summed E-state index contributed by atoms with van der Waals surface area (Å²) in [4.78, 5) is 2.11. The summed E-state index contributed by atoms with van der Waals surface area (Å²) in [6, 6.07) is 2.10. The number of hydrogen-bond acceptors (Lipinski definition) is 3. The summed E-state index contributed by atoms with van der Waals surface area (Å²) < 4.78 is 0. The van der Waals surface area contributed by atoms with E-state index >= 15 is 0 Å². The first-order valence-corrected chi connectivity index (χ1v) is 3.97. The molecule has 1 N–H and O–H groups in total. The number of unbranched alkanes of at least 4 members (excludes halogenated alkanes) is 1. The van der Waals surface area contributed by atoms with Crippen molar-refractivity contribution in [1.82, 2.24) is 4.90 Å². The van der Waals surface area contributed by atoms with E-state index in [0.29, 0.717) is 6.42 Å². The van der Waals surface area contributed by atoms with E-state index in [9.17, 15) is 0 Å². The standard InChI is InChI=1S/C8H16N2O/c1-10(7-4-5-9)6-2-3-8-11/h11H,2-4,6-8H2,1H3. The minimum Gasteiger partial charge on any atom is -0.396 e. The molecule has 0 unspecified atom stereocenters. The van der Waals surface area contributed by atoms with Gasteiger partial charge >= 0.3 is 0 Å². The zero-order chi connectivity index (χ0) is 8.53. The average Bonchev–Trinajstić information content (AvgIpc) is 2.01. The molecule has 3 nitrogen and oxygen atoms in total. The summed E-state index contributed by atoms with van der Waals surface area (Å²) in [5.41, 5.74) is 0. The van der Waals surface area contributed by atoms with Gasteiger partial charge in [-0.3, -0.25) is 0 Å². The smallest absolute Gasteiger partial charge is 0.0635 e. The van der Waals surface area contributed by atoms with E-state index < -0.39 is 0 Å². The number of rotatable bonds is 6. The summed E-state index contributed by atoms with van der Waals surface area (Å²) in [5.74, 6) is 0. The predicted molar refractivity (Wildman–Crippen MR) is 44.0 cm³/mol. The van der Waals surface area contributed by atoms with E-state index in [0.717, 1.165) is 25.9 Å². The lowest BCUT2D eigenvalue weighted by Gasteiger charge is -2.13. The topological polar surface area (TPSA) is 47.3 Å². The summed E-state index contributed by atoms with van der Waals surface area (Å²) in [6.07, 6.45) is 2.46. The number of nitrogens with zero attached hydrogens (tertiary/aromatic N) is 2. The molecule has 3 heteroatoms. The van der Waals surface area contributed by atoms with Gasteiger partial charge in [-0.2, -0.15) is 5.26 Å². The Kier molecular flexibility index (Phi) is 7.11. The van der Waals surface area contributed by atoms with Crippen LogP contribution in [-0.2, 0) is 0 Å². The molecule has 0 aliphatic rings. The van der Waals surface area contributed by atoms with Crippen LogP contribution in [0.3, 0.4) is 0 Å². The van der Waals surface area contributed by atoms with Crippen LogP contribution in [0.5, 0.6) is 0 Å². The molecule has 0 saturated heterocycles. The zero-order valence-corrected chi connectivity index (χ0v) is 7.08. The Balaban J connectivity index is 3.10. The number of hydrogen-bond donors (Lipinski definition) is 1. The Bertz CT molecular complexity index is 120. The molecule has 0 radical (unpaired) electrons. The molecule has 0 aromatic heterocycles. The Morgan fingerprint density at radius 1 is 1.36 bits per heavy atom. The van der Waals surface area contributed by atoms with Crippen molar-refractivity contribution in [2.24, 2.45) is 0 Å². The van der Waals surface area contributed by atoms with E-state index in [4.69, 9.17) is 10.4 Å². The average molecular weight is 156 g/mol. The van der Waals surface area contributed by atoms with E-state index in [-0.39, 0.29) is 6.61 Å². The van der Waals surface area contributed by atoms with Crippen molar-refractivity contribution in [1.29, 1.82) is 5.26 Å². The Hall–Kier alpha value is -0.590. The van der Waals surface area contributed by atoms with Crippen molar-refractivity contribution >= 4 is 0 Å². The third kappa shape index (κ3) is 7.31. The van der Waals surface area contributed by atoms with Gasteiger partial charge in [0, 0.05) is 19.6 Å². The van der Waals surface area contributed by atoms with E-state index in [1.165, 1.54) is 0 Å². The van der Waals surface area contributed by atoms with Crippen LogP contribution in [0.4, 0.5) is 0 Å². The minimum absolute atomic E-state index is 0.270. The highest BCUT2D eigenvalue weighted by atomic mass is 16.2. The zero-order valence-electron chi connectivity index (χ0n) is 7.08. The van der Waals surface area contributed by atoms with Gasteiger partial charge in [0.1, 0.15) is 0 Å². The van der Waals surface area contributed by atoms with Crippen LogP contribution in [0.1, 0.15) is 19.3 Å².